The Hall–Kier alpha value is -0.250. The Balaban J connectivity index is 0.00000225. The molecule has 0 spiro atoms. The second-order valence-corrected chi connectivity index (χ2v) is 5.92. The third kappa shape index (κ3) is 3.37. The first kappa shape index (κ1) is 15.8. The van der Waals surface area contributed by atoms with Crippen LogP contribution in [0.5, 0.6) is 5.75 Å². The lowest BCUT2D eigenvalue weighted by Crippen LogP contribution is -2.26. The first-order valence-corrected chi connectivity index (χ1v) is 5.77. The summed E-state index contributed by atoms with van der Waals surface area (Å²) in [6.45, 7) is 8.06. The summed E-state index contributed by atoms with van der Waals surface area (Å²) in [7, 11) is 0. The maximum Gasteiger partial charge on any atom is 0.123 e. The molecule has 0 unspecified atom stereocenters. The van der Waals surface area contributed by atoms with Crippen LogP contribution in [-0.2, 0) is 0 Å². The van der Waals surface area contributed by atoms with Crippen LogP contribution in [0.4, 0.5) is 0 Å². The first-order valence-electron chi connectivity index (χ1n) is 4.98. The van der Waals surface area contributed by atoms with Gasteiger partial charge in [-0.15, -0.1) is 12.4 Å². The van der Waals surface area contributed by atoms with Crippen molar-refractivity contribution >= 4 is 28.3 Å². The molecule has 16 heavy (non-hydrogen) atoms. The Morgan fingerprint density at radius 3 is 2.25 bits per heavy atom. The van der Waals surface area contributed by atoms with Crippen LogP contribution in [0, 0.1) is 12.3 Å². The van der Waals surface area contributed by atoms with E-state index in [1.54, 1.807) is 0 Å². The Labute approximate surface area is 112 Å². The van der Waals surface area contributed by atoms with Crippen molar-refractivity contribution in [2.45, 2.75) is 33.7 Å². The third-order valence-electron chi connectivity index (χ3n) is 2.56. The van der Waals surface area contributed by atoms with E-state index in [0.29, 0.717) is 5.75 Å². The molecule has 0 aliphatic rings. The van der Waals surface area contributed by atoms with Crippen molar-refractivity contribution in [3.63, 3.8) is 0 Å². The summed E-state index contributed by atoms with van der Waals surface area (Å²) < 4.78 is 0.951. The molecule has 1 aromatic rings. The Morgan fingerprint density at radius 1 is 1.31 bits per heavy atom. The highest BCUT2D eigenvalue weighted by atomic mass is 79.9. The number of halogens is 2. The van der Waals surface area contributed by atoms with E-state index in [-0.39, 0.29) is 23.9 Å². The molecule has 3 N–H and O–H groups in total. The molecule has 0 heterocycles. The SMILES string of the molecule is Cc1cc(Br)cc([C@H](N)C(C)(C)C)c1O.Cl. The fraction of sp³-hybridized carbons (Fsp3) is 0.500. The second-order valence-electron chi connectivity index (χ2n) is 5.00. The molecule has 2 nitrogen and oxygen atoms in total. The van der Waals surface area contributed by atoms with Crippen LogP contribution in [0.25, 0.3) is 0 Å². The van der Waals surface area contributed by atoms with E-state index in [1.807, 2.05) is 19.1 Å². The van der Waals surface area contributed by atoms with E-state index in [4.69, 9.17) is 5.73 Å². The molecule has 0 saturated heterocycles. The third-order valence-corrected chi connectivity index (χ3v) is 3.02. The van der Waals surface area contributed by atoms with Crippen molar-refractivity contribution in [2.24, 2.45) is 11.1 Å². The van der Waals surface area contributed by atoms with Gasteiger partial charge in [0, 0.05) is 16.1 Å². The number of hydrogen-bond donors (Lipinski definition) is 2. The minimum absolute atomic E-state index is 0. The van der Waals surface area contributed by atoms with Gasteiger partial charge in [-0.2, -0.15) is 0 Å². The van der Waals surface area contributed by atoms with Gasteiger partial charge in [0.15, 0.2) is 0 Å². The number of nitrogens with two attached hydrogens (primary N) is 1. The molecule has 1 aromatic carbocycles. The van der Waals surface area contributed by atoms with Crippen molar-refractivity contribution in [1.82, 2.24) is 0 Å². The smallest absolute Gasteiger partial charge is 0.123 e. The maximum absolute atomic E-state index is 9.95. The molecule has 0 saturated carbocycles. The van der Waals surface area contributed by atoms with Crippen LogP contribution < -0.4 is 5.73 Å². The largest absolute Gasteiger partial charge is 0.507 e. The van der Waals surface area contributed by atoms with E-state index in [1.165, 1.54) is 0 Å². The number of rotatable bonds is 1. The molecule has 1 rings (SSSR count). The zero-order valence-electron chi connectivity index (χ0n) is 10.0. The van der Waals surface area contributed by atoms with Crippen LogP contribution in [0.1, 0.15) is 37.9 Å². The maximum atomic E-state index is 9.95. The van der Waals surface area contributed by atoms with E-state index in [0.717, 1.165) is 15.6 Å². The second kappa shape index (κ2) is 5.39. The van der Waals surface area contributed by atoms with Crippen LogP contribution >= 0.6 is 28.3 Å². The predicted octanol–water partition coefficient (Wildman–Crippen LogP) is 3.93. The van der Waals surface area contributed by atoms with Crippen LogP contribution in [-0.4, -0.2) is 5.11 Å². The van der Waals surface area contributed by atoms with Crippen molar-refractivity contribution in [3.8, 4) is 5.75 Å². The van der Waals surface area contributed by atoms with Gasteiger partial charge < -0.3 is 10.8 Å². The molecule has 0 aliphatic carbocycles. The highest BCUT2D eigenvalue weighted by molar-refractivity contribution is 9.10. The molecular weight excluding hydrogens is 289 g/mol. The lowest BCUT2D eigenvalue weighted by molar-refractivity contribution is 0.317. The molecule has 0 bridgehead atoms. The van der Waals surface area contributed by atoms with Gasteiger partial charge in [-0.25, -0.2) is 0 Å². The van der Waals surface area contributed by atoms with Crippen LogP contribution in [0.3, 0.4) is 0 Å². The van der Waals surface area contributed by atoms with Gasteiger partial charge in [0.2, 0.25) is 0 Å². The number of benzene rings is 1. The van der Waals surface area contributed by atoms with Crippen molar-refractivity contribution in [3.05, 3.63) is 27.7 Å². The predicted molar refractivity (Wildman–Crippen MR) is 74.2 cm³/mol. The van der Waals surface area contributed by atoms with Gasteiger partial charge in [-0.1, -0.05) is 36.7 Å². The van der Waals surface area contributed by atoms with Gasteiger partial charge >= 0.3 is 0 Å². The van der Waals surface area contributed by atoms with Gasteiger partial charge in [0.05, 0.1) is 0 Å². The molecule has 0 fully saturated rings. The number of hydrogen-bond acceptors (Lipinski definition) is 2. The normalized spacial score (nSPS) is 13.1. The molecular formula is C12H19BrClNO. The molecule has 0 aliphatic heterocycles. The minimum Gasteiger partial charge on any atom is -0.507 e. The Bertz CT molecular complexity index is 374. The van der Waals surface area contributed by atoms with Crippen molar-refractivity contribution < 1.29 is 5.11 Å². The summed E-state index contributed by atoms with van der Waals surface area (Å²) in [6, 6.07) is 3.60. The number of phenolic OH excluding ortho intramolecular Hbond substituents is 1. The van der Waals surface area contributed by atoms with Gasteiger partial charge in [-0.05, 0) is 30.0 Å². The fourth-order valence-electron chi connectivity index (χ4n) is 1.47. The summed E-state index contributed by atoms with van der Waals surface area (Å²) in [6.07, 6.45) is 0. The fourth-order valence-corrected chi connectivity index (χ4v) is 2.06. The summed E-state index contributed by atoms with van der Waals surface area (Å²) in [5.74, 6) is 0.306. The average molecular weight is 309 g/mol. The molecule has 92 valence electrons. The van der Waals surface area contributed by atoms with Crippen molar-refractivity contribution in [2.75, 3.05) is 0 Å². The summed E-state index contributed by atoms with van der Waals surface area (Å²) in [5, 5.41) is 9.95. The lowest BCUT2D eigenvalue weighted by Gasteiger charge is -2.28. The van der Waals surface area contributed by atoms with Gasteiger partial charge in [-0.3, -0.25) is 0 Å². The summed E-state index contributed by atoms with van der Waals surface area (Å²) in [5.41, 5.74) is 7.71. The number of aryl methyl sites for hydroxylation is 1. The number of aromatic hydroxyl groups is 1. The average Bonchev–Trinajstić information content (AvgIpc) is 2.08. The monoisotopic (exact) mass is 307 g/mol. The summed E-state index contributed by atoms with van der Waals surface area (Å²) in [4.78, 5) is 0. The highest BCUT2D eigenvalue weighted by Gasteiger charge is 2.25. The quantitative estimate of drug-likeness (QED) is 0.825. The van der Waals surface area contributed by atoms with Gasteiger partial charge in [0.25, 0.3) is 0 Å². The Morgan fingerprint density at radius 2 is 1.81 bits per heavy atom. The van der Waals surface area contributed by atoms with Gasteiger partial charge in [0.1, 0.15) is 5.75 Å². The molecule has 0 radical (unpaired) electrons. The zero-order valence-corrected chi connectivity index (χ0v) is 12.4. The van der Waals surface area contributed by atoms with E-state index >= 15 is 0 Å². The standard InChI is InChI=1S/C12H18BrNO.ClH/c1-7-5-8(13)6-9(10(7)15)11(14)12(2,3)4;/h5-6,11,15H,14H2,1-4H3;1H/t11-;/m0./s1. The van der Waals surface area contributed by atoms with E-state index in [9.17, 15) is 5.11 Å². The topological polar surface area (TPSA) is 46.2 Å². The lowest BCUT2D eigenvalue weighted by atomic mass is 9.82. The number of phenols is 1. The first-order chi connectivity index (χ1) is 6.73. The molecule has 1 atom stereocenters. The zero-order chi connectivity index (χ0) is 11.8. The minimum atomic E-state index is -0.173. The Kier molecular flexibility index (Phi) is 5.30. The molecule has 0 aromatic heterocycles. The van der Waals surface area contributed by atoms with E-state index in [2.05, 4.69) is 36.7 Å². The van der Waals surface area contributed by atoms with Crippen LogP contribution in [0.15, 0.2) is 16.6 Å². The van der Waals surface area contributed by atoms with E-state index < -0.39 is 0 Å². The van der Waals surface area contributed by atoms with Crippen molar-refractivity contribution in [1.29, 1.82) is 0 Å². The highest BCUT2D eigenvalue weighted by Crippen LogP contribution is 2.38. The van der Waals surface area contributed by atoms with Crippen LogP contribution in [0.2, 0.25) is 0 Å². The molecule has 4 heteroatoms. The summed E-state index contributed by atoms with van der Waals surface area (Å²) >= 11 is 3.42. The molecule has 0 amide bonds.